The molecule has 1 unspecified atom stereocenters. The zero-order valence-electron chi connectivity index (χ0n) is 9.55. The number of aliphatic hydroxyl groups excluding tert-OH is 1. The normalized spacial score (nSPS) is 12.8. The Hall–Kier alpha value is -0.600. The molecule has 1 rings (SSSR count). The fourth-order valence-corrected chi connectivity index (χ4v) is 2.02. The van der Waals surface area contributed by atoms with Gasteiger partial charge in [-0.3, -0.25) is 0 Å². The molecule has 0 fully saturated rings. The molecule has 16 heavy (non-hydrogen) atoms. The first-order chi connectivity index (χ1) is 7.65. The number of rotatable bonds is 6. The van der Waals surface area contributed by atoms with Crippen molar-refractivity contribution in [2.24, 2.45) is 0 Å². The van der Waals surface area contributed by atoms with E-state index in [2.05, 4.69) is 0 Å². The van der Waals surface area contributed by atoms with Gasteiger partial charge < -0.3 is 5.11 Å². The lowest BCUT2D eigenvalue weighted by Gasteiger charge is -2.09. The third-order valence-electron chi connectivity index (χ3n) is 2.65. The molecule has 0 saturated carbocycles. The molecule has 3 heteroatoms. The average Bonchev–Trinajstić information content (AvgIpc) is 2.23. The maximum absolute atomic E-state index is 13.4. The summed E-state index contributed by atoms with van der Waals surface area (Å²) in [7, 11) is 0. The molecule has 0 aliphatic heterocycles. The van der Waals surface area contributed by atoms with Gasteiger partial charge in [-0.2, -0.15) is 0 Å². The van der Waals surface area contributed by atoms with Crippen molar-refractivity contribution in [3.05, 3.63) is 34.6 Å². The Labute approximate surface area is 101 Å². The Morgan fingerprint density at radius 2 is 2.12 bits per heavy atom. The lowest BCUT2D eigenvalue weighted by molar-refractivity contribution is 0.151. The lowest BCUT2D eigenvalue weighted by Crippen LogP contribution is -2.06. The van der Waals surface area contributed by atoms with Crippen molar-refractivity contribution in [1.82, 2.24) is 0 Å². The molecule has 1 nitrogen and oxygen atoms in total. The van der Waals surface area contributed by atoms with Crippen molar-refractivity contribution in [1.29, 1.82) is 0 Å². The van der Waals surface area contributed by atoms with E-state index in [1.165, 1.54) is 6.07 Å². The first kappa shape index (κ1) is 13.5. The minimum Gasteiger partial charge on any atom is -0.393 e. The minimum atomic E-state index is -0.268. The first-order valence-corrected chi connectivity index (χ1v) is 6.14. The molecular formula is C13H18ClFO. The van der Waals surface area contributed by atoms with E-state index in [1.807, 2.05) is 6.92 Å². The molecule has 0 heterocycles. The summed E-state index contributed by atoms with van der Waals surface area (Å²) in [6, 6.07) is 4.72. The Morgan fingerprint density at radius 3 is 2.75 bits per heavy atom. The molecule has 1 aromatic carbocycles. The first-order valence-electron chi connectivity index (χ1n) is 5.76. The molecule has 0 aromatic heterocycles. The summed E-state index contributed by atoms with van der Waals surface area (Å²) in [4.78, 5) is 0. The van der Waals surface area contributed by atoms with Crippen LogP contribution in [0, 0.1) is 5.82 Å². The number of hydrogen-bond acceptors (Lipinski definition) is 1. The zero-order valence-corrected chi connectivity index (χ0v) is 10.3. The number of hydrogen-bond donors (Lipinski definition) is 1. The molecule has 0 bridgehead atoms. The van der Waals surface area contributed by atoms with E-state index in [9.17, 15) is 9.50 Å². The largest absolute Gasteiger partial charge is 0.393 e. The van der Waals surface area contributed by atoms with Crippen LogP contribution in [0.25, 0.3) is 0 Å². The summed E-state index contributed by atoms with van der Waals surface area (Å²) in [5, 5.41) is 10.0. The molecule has 0 spiro atoms. The van der Waals surface area contributed by atoms with Gasteiger partial charge in [0.15, 0.2) is 0 Å². The highest BCUT2D eigenvalue weighted by Gasteiger charge is 2.08. The molecule has 0 amide bonds. The minimum absolute atomic E-state index is 0.252. The van der Waals surface area contributed by atoms with Crippen LogP contribution in [0.1, 0.15) is 38.2 Å². The van der Waals surface area contributed by atoms with Crippen molar-refractivity contribution < 1.29 is 9.50 Å². The van der Waals surface area contributed by atoms with Gasteiger partial charge in [-0.15, -0.1) is 0 Å². The van der Waals surface area contributed by atoms with Crippen molar-refractivity contribution in [3.8, 4) is 0 Å². The Kier molecular flexibility index (Phi) is 5.78. The quantitative estimate of drug-likeness (QED) is 0.803. The van der Waals surface area contributed by atoms with E-state index in [0.29, 0.717) is 23.4 Å². The Morgan fingerprint density at radius 1 is 1.38 bits per heavy atom. The van der Waals surface area contributed by atoms with E-state index < -0.39 is 0 Å². The van der Waals surface area contributed by atoms with Gasteiger partial charge in [0.25, 0.3) is 0 Å². The predicted molar refractivity (Wildman–Crippen MR) is 65.3 cm³/mol. The van der Waals surface area contributed by atoms with E-state index >= 15 is 0 Å². The van der Waals surface area contributed by atoms with E-state index in [0.717, 1.165) is 19.3 Å². The summed E-state index contributed by atoms with van der Waals surface area (Å²) >= 11 is 5.90. The number of halogens is 2. The average molecular weight is 245 g/mol. The van der Waals surface area contributed by atoms with Crippen molar-refractivity contribution >= 4 is 11.6 Å². The van der Waals surface area contributed by atoms with Gasteiger partial charge in [-0.1, -0.05) is 31.0 Å². The van der Waals surface area contributed by atoms with Gasteiger partial charge in [0.1, 0.15) is 5.82 Å². The van der Waals surface area contributed by atoms with Crippen LogP contribution in [-0.2, 0) is 6.42 Å². The molecule has 1 N–H and O–H groups in total. The van der Waals surface area contributed by atoms with E-state index in [1.54, 1.807) is 12.1 Å². The van der Waals surface area contributed by atoms with Crippen molar-refractivity contribution in [2.45, 2.75) is 45.1 Å². The van der Waals surface area contributed by atoms with Gasteiger partial charge >= 0.3 is 0 Å². The van der Waals surface area contributed by atoms with Crippen LogP contribution in [0.15, 0.2) is 18.2 Å². The third-order valence-corrected chi connectivity index (χ3v) is 3.00. The predicted octanol–water partition coefficient (Wildman–Crippen LogP) is 3.96. The van der Waals surface area contributed by atoms with Crippen LogP contribution in [0.4, 0.5) is 4.39 Å². The SMILES string of the molecule is CCCC(O)CCCc1c(F)cccc1Cl. The molecule has 0 aliphatic rings. The second-order valence-electron chi connectivity index (χ2n) is 4.03. The lowest BCUT2D eigenvalue weighted by atomic mass is 10.0. The van der Waals surface area contributed by atoms with Gasteiger partial charge in [0.05, 0.1) is 6.10 Å². The Balaban J connectivity index is 2.43. The second-order valence-corrected chi connectivity index (χ2v) is 4.44. The summed E-state index contributed by atoms with van der Waals surface area (Å²) in [6.07, 6.45) is 3.58. The molecule has 90 valence electrons. The van der Waals surface area contributed by atoms with Crippen LogP contribution in [0.2, 0.25) is 5.02 Å². The van der Waals surface area contributed by atoms with E-state index in [4.69, 9.17) is 11.6 Å². The zero-order chi connectivity index (χ0) is 12.0. The summed E-state index contributed by atoms with van der Waals surface area (Å²) in [5.41, 5.74) is 0.563. The fraction of sp³-hybridized carbons (Fsp3) is 0.538. The van der Waals surface area contributed by atoms with Crippen LogP contribution >= 0.6 is 11.6 Å². The highest BCUT2D eigenvalue weighted by Crippen LogP contribution is 2.21. The molecule has 0 aliphatic carbocycles. The summed E-state index contributed by atoms with van der Waals surface area (Å²) in [6.45, 7) is 2.04. The number of aliphatic hydroxyl groups is 1. The molecule has 0 radical (unpaired) electrons. The number of benzene rings is 1. The Bertz CT molecular complexity index is 307. The highest BCUT2D eigenvalue weighted by molar-refractivity contribution is 6.31. The van der Waals surface area contributed by atoms with Crippen LogP contribution < -0.4 is 0 Å². The maximum Gasteiger partial charge on any atom is 0.127 e. The summed E-state index contributed by atoms with van der Waals surface area (Å²) < 4.78 is 13.4. The van der Waals surface area contributed by atoms with Crippen molar-refractivity contribution in [2.75, 3.05) is 0 Å². The van der Waals surface area contributed by atoms with Gasteiger partial charge in [0, 0.05) is 10.6 Å². The van der Waals surface area contributed by atoms with E-state index in [-0.39, 0.29) is 11.9 Å². The smallest absolute Gasteiger partial charge is 0.127 e. The van der Waals surface area contributed by atoms with Gasteiger partial charge in [-0.05, 0) is 37.8 Å². The highest BCUT2D eigenvalue weighted by atomic mass is 35.5. The maximum atomic E-state index is 13.4. The standard InChI is InChI=1S/C13H18ClFO/c1-2-5-10(16)6-3-7-11-12(14)8-4-9-13(11)15/h4,8-10,16H,2-3,5-7H2,1H3. The second kappa shape index (κ2) is 6.87. The monoisotopic (exact) mass is 244 g/mol. The van der Waals surface area contributed by atoms with Crippen molar-refractivity contribution in [3.63, 3.8) is 0 Å². The van der Waals surface area contributed by atoms with Gasteiger partial charge in [-0.25, -0.2) is 4.39 Å². The topological polar surface area (TPSA) is 20.2 Å². The van der Waals surface area contributed by atoms with Crippen LogP contribution in [0.3, 0.4) is 0 Å². The molecule has 1 atom stereocenters. The van der Waals surface area contributed by atoms with Crippen LogP contribution in [-0.4, -0.2) is 11.2 Å². The summed E-state index contributed by atoms with van der Waals surface area (Å²) in [5.74, 6) is -0.252. The molecule has 1 aromatic rings. The van der Waals surface area contributed by atoms with Gasteiger partial charge in [0.2, 0.25) is 0 Å². The third kappa shape index (κ3) is 4.11. The van der Waals surface area contributed by atoms with Crippen LogP contribution in [0.5, 0.6) is 0 Å². The fourth-order valence-electron chi connectivity index (χ4n) is 1.76. The molecular weight excluding hydrogens is 227 g/mol. The molecule has 0 saturated heterocycles.